The monoisotopic (exact) mass is 300 g/mol. The third kappa shape index (κ3) is 3.88. The van der Waals surface area contributed by atoms with Crippen molar-refractivity contribution < 1.29 is 14.7 Å². The fraction of sp³-hybridized carbons (Fsp3) is 0.857. The third-order valence-corrected chi connectivity index (χ3v) is 5.44. The number of nitrogens with zero attached hydrogens (tertiary/aromatic N) is 1. The number of amides is 1. The summed E-state index contributed by atoms with van der Waals surface area (Å²) in [5, 5.41) is 9.38. The molecule has 114 valence electrons. The molecule has 1 heterocycles. The van der Waals surface area contributed by atoms with Crippen molar-refractivity contribution in [3.63, 3.8) is 0 Å². The standard InChI is InChI=1S/C14H24N2O3S/c15-8-4-2-1-3-5-12(17)16-11(14(18)19)9-20-13(16)10-6-7-10/h10-11,13H,1-9,15H2,(H,18,19). The van der Waals surface area contributed by atoms with Crippen LogP contribution >= 0.6 is 11.8 Å². The van der Waals surface area contributed by atoms with Crippen LogP contribution in [0.2, 0.25) is 0 Å². The van der Waals surface area contributed by atoms with Gasteiger partial charge in [0.05, 0.1) is 5.37 Å². The highest BCUT2D eigenvalue weighted by molar-refractivity contribution is 8.00. The van der Waals surface area contributed by atoms with Gasteiger partial charge in [-0.05, 0) is 38.1 Å². The number of unbranched alkanes of at least 4 members (excludes halogenated alkanes) is 3. The van der Waals surface area contributed by atoms with Crippen molar-refractivity contribution in [1.29, 1.82) is 0 Å². The minimum absolute atomic E-state index is 0.0204. The first-order chi connectivity index (χ1) is 9.65. The van der Waals surface area contributed by atoms with E-state index in [1.165, 1.54) is 0 Å². The highest BCUT2D eigenvalue weighted by Crippen LogP contribution is 2.45. The molecule has 1 amide bonds. The van der Waals surface area contributed by atoms with Gasteiger partial charge in [-0.1, -0.05) is 12.8 Å². The van der Waals surface area contributed by atoms with Crippen LogP contribution in [0.4, 0.5) is 0 Å². The lowest BCUT2D eigenvalue weighted by Crippen LogP contribution is -2.46. The van der Waals surface area contributed by atoms with Crippen LogP contribution in [0.5, 0.6) is 0 Å². The molecule has 3 N–H and O–H groups in total. The van der Waals surface area contributed by atoms with Gasteiger partial charge in [0.1, 0.15) is 6.04 Å². The third-order valence-electron chi connectivity index (χ3n) is 3.98. The van der Waals surface area contributed by atoms with Gasteiger partial charge in [0.25, 0.3) is 0 Å². The second-order valence-electron chi connectivity index (χ2n) is 5.67. The SMILES string of the molecule is NCCCCCCC(=O)N1C(C(=O)O)CSC1C1CC1. The molecule has 1 aliphatic heterocycles. The summed E-state index contributed by atoms with van der Waals surface area (Å²) >= 11 is 1.64. The van der Waals surface area contributed by atoms with Gasteiger partial charge in [0.2, 0.25) is 5.91 Å². The zero-order valence-electron chi connectivity index (χ0n) is 11.8. The fourth-order valence-corrected chi connectivity index (χ4v) is 4.33. The number of carbonyl (C=O) groups is 2. The Morgan fingerprint density at radius 3 is 2.50 bits per heavy atom. The van der Waals surface area contributed by atoms with E-state index in [4.69, 9.17) is 5.73 Å². The fourth-order valence-electron chi connectivity index (χ4n) is 2.68. The van der Waals surface area contributed by atoms with Crippen LogP contribution in [-0.2, 0) is 9.59 Å². The predicted octanol–water partition coefficient (Wildman–Crippen LogP) is 1.66. The van der Waals surface area contributed by atoms with E-state index in [-0.39, 0.29) is 11.3 Å². The first-order valence-electron chi connectivity index (χ1n) is 7.50. The molecule has 2 fully saturated rings. The molecule has 6 heteroatoms. The average Bonchev–Trinajstić information content (AvgIpc) is 3.16. The second-order valence-corrected chi connectivity index (χ2v) is 6.82. The zero-order chi connectivity index (χ0) is 14.5. The summed E-state index contributed by atoms with van der Waals surface area (Å²) in [7, 11) is 0. The Labute approximate surface area is 124 Å². The highest BCUT2D eigenvalue weighted by atomic mass is 32.2. The molecule has 0 aromatic heterocycles. The molecule has 2 rings (SSSR count). The summed E-state index contributed by atoms with van der Waals surface area (Å²) in [5.74, 6) is 0.213. The predicted molar refractivity (Wildman–Crippen MR) is 79.4 cm³/mol. The molecule has 0 aromatic carbocycles. The largest absolute Gasteiger partial charge is 0.480 e. The molecular weight excluding hydrogens is 276 g/mol. The Hall–Kier alpha value is -0.750. The van der Waals surface area contributed by atoms with Crippen LogP contribution < -0.4 is 5.73 Å². The van der Waals surface area contributed by atoms with Crippen LogP contribution in [0.15, 0.2) is 0 Å². The number of hydrogen-bond donors (Lipinski definition) is 2. The molecule has 1 aliphatic carbocycles. The number of carbonyl (C=O) groups excluding carboxylic acids is 1. The van der Waals surface area contributed by atoms with E-state index >= 15 is 0 Å². The molecule has 2 atom stereocenters. The molecule has 2 unspecified atom stereocenters. The van der Waals surface area contributed by atoms with Crippen LogP contribution in [0.3, 0.4) is 0 Å². The second kappa shape index (κ2) is 7.31. The molecule has 1 saturated heterocycles. The zero-order valence-corrected chi connectivity index (χ0v) is 12.6. The van der Waals surface area contributed by atoms with E-state index in [1.807, 2.05) is 0 Å². The Balaban J connectivity index is 1.85. The summed E-state index contributed by atoms with van der Waals surface area (Å²) in [6, 6.07) is -0.623. The maximum absolute atomic E-state index is 12.4. The molecule has 0 aromatic rings. The van der Waals surface area contributed by atoms with Gasteiger partial charge in [-0.3, -0.25) is 4.79 Å². The lowest BCUT2D eigenvalue weighted by Gasteiger charge is -2.27. The first-order valence-corrected chi connectivity index (χ1v) is 8.55. The topological polar surface area (TPSA) is 83.6 Å². The van der Waals surface area contributed by atoms with Crippen molar-refractivity contribution in [2.45, 2.75) is 56.4 Å². The number of carboxylic acid groups (broad SMARTS) is 1. The van der Waals surface area contributed by atoms with Gasteiger partial charge in [0, 0.05) is 12.2 Å². The van der Waals surface area contributed by atoms with Crippen LogP contribution in [0.1, 0.15) is 44.9 Å². The molecule has 20 heavy (non-hydrogen) atoms. The quantitative estimate of drug-likeness (QED) is 0.666. The van der Waals surface area contributed by atoms with E-state index < -0.39 is 12.0 Å². The highest BCUT2D eigenvalue weighted by Gasteiger charge is 2.47. The van der Waals surface area contributed by atoms with Crippen molar-refractivity contribution in [3.8, 4) is 0 Å². The molecule has 2 aliphatic rings. The van der Waals surface area contributed by atoms with Gasteiger partial charge in [-0.2, -0.15) is 0 Å². The minimum Gasteiger partial charge on any atom is -0.480 e. The minimum atomic E-state index is -0.864. The maximum atomic E-state index is 12.4. The molecule has 0 bridgehead atoms. The van der Waals surface area contributed by atoms with Crippen molar-refractivity contribution >= 4 is 23.6 Å². The Kier molecular flexibility index (Phi) is 5.72. The number of hydrogen-bond acceptors (Lipinski definition) is 4. The molecular formula is C14H24N2O3S. The summed E-state index contributed by atoms with van der Waals surface area (Å²) in [5.41, 5.74) is 5.44. The molecule has 0 radical (unpaired) electrons. The normalized spacial score (nSPS) is 25.9. The van der Waals surface area contributed by atoms with Crippen molar-refractivity contribution in [3.05, 3.63) is 0 Å². The van der Waals surface area contributed by atoms with Gasteiger partial charge < -0.3 is 15.7 Å². The lowest BCUT2D eigenvalue weighted by molar-refractivity contribution is -0.149. The van der Waals surface area contributed by atoms with Crippen molar-refractivity contribution in [2.24, 2.45) is 11.7 Å². The summed E-state index contributed by atoms with van der Waals surface area (Å²) in [6.07, 6.45) is 6.61. The van der Waals surface area contributed by atoms with E-state index in [0.29, 0.717) is 24.6 Å². The number of rotatable bonds is 8. The van der Waals surface area contributed by atoms with Crippen LogP contribution in [0, 0.1) is 5.92 Å². The van der Waals surface area contributed by atoms with Gasteiger partial charge >= 0.3 is 5.97 Å². The van der Waals surface area contributed by atoms with Gasteiger partial charge in [-0.15, -0.1) is 11.8 Å². The Bertz CT molecular complexity index is 360. The number of aliphatic carboxylic acids is 1. The van der Waals surface area contributed by atoms with Crippen LogP contribution in [-0.4, -0.2) is 45.6 Å². The van der Waals surface area contributed by atoms with Crippen LogP contribution in [0.25, 0.3) is 0 Å². The Morgan fingerprint density at radius 1 is 1.20 bits per heavy atom. The summed E-state index contributed by atoms with van der Waals surface area (Å²) in [4.78, 5) is 25.3. The number of nitrogens with two attached hydrogens (primary N) is 1. The summed E-state index contributed by atoms with van der Waals surface area (Å²) < 4.78 is 0. The molecule has 1 saturated carbocycles. The Morgan fingerprint density at radius 2 is 1.90 bits per heavy atom. The van der Waals surface area contributed by atoms with Crippen molar-refractivity contribution in [2.75, 3.05) is 12.3 Å². The molecule has 5 nitrogen and oxygen atoms in total. The van der Waals surface area contributed by atoms with Crippen molar-refractivity contribution in [1.82, 2.24) is 4.90 Å². The molecule has 0 spiro atoms. The smallest absolute Gasteiger partial charge is 0.327 e. The summed E-state index contributed by atoms with van der Waals surface area (Å²) in [6.45, 7) is 0.696. The first kappa shape index (κ1) is 15.6. The van der Waals surface area contributed by atoms with E-state index in [1.54, 1.807) is 16.7 Å². The van der Waals surface area contributed by atoms with E-state index in [2.05, 4.69) is 0 Å². The number of carboxylic acids is 1. The average molecular weight is 300 g/mol. The maximum Gasteiger partial charge on any atom is 0.327 e. The van der Waals surface area contributed by atoms with Gasteiger partial charge in [-0.25, -0.2) is 4.79 Å². The van der Waals surface area contributed by atoms with E-state index in [9.17, 15) is 14.7 Å². The number of thioether (sulfide) groups is 1. The van der Waals surface area contributed by atoms with E-state index in [0.717, 1.165) is 38.5 Å². The van der Waals surface area contributed by atoms with Gasteiger partial charge in [0.15, 0.2) is 0 Å². The lowest BCUT2D eigenvalue weighted by atomic mass is 10.1.